The molecule has 0 unspecified atom stereocenters. The Morgan fingerprint density at radius 3 is 2.71 bits per heavy atom. The Hall–Kier alpha value is -3.20. The van der Waals surface area contributed by atoms with E-state index < -0.39 is 10.9 Å². The van der Waals surface area contributed by atoms with Crippen LogP contribution in [0.4, 0.5) is 5.69 Å². The second kappa shape index (κ2) is 9.74. The van der Waals surface area contributed by atoms with Gasteiger partial charge in [-0.2, -0.15) is 0 Å². The van der Waals surface area contributed by atoms with Gasteiger partial charge < -0.3 is 14.2 Å². The number of benzene rings is 2. The van der Waals surface area contributed by atoms with Crippen LogP contribution < -0.4 is 9.47 Å². The minimum atomic E-state index is -0.638. The fourth-order valence-corrected chi connectivity index (χ4v) is 3.59. The number of hydrogen-bond acceptors (Lipinski definition) is 7. The van der Waals surface area contributed by atoms with Gasteiger partial charge in [-0.1, -0.05) is 13.0 Å². The maximum absolute atomic E-state index is 12.4. The van der Waals surface area contributed by atoms with Crippen molar-refractivity contribution in [3.8, 4) is 11.5 Å². The molecule has 0 aromatic heterocycles. The van der Waals surface area contributed by atoms with E-state index >= 15 is 0 Å². The number of esters is 1. The van der Waals surface area contributed by atoms with Gasteiger partial charge in [0, 0.05) is 17.2 Å². The highest BCUT2D eigenvalue weighted by molar-refractivity contribution is 9.10. The average molecular weight is 489 g/mol. The standard InChI is InChI=1S/C22H21BrN2O6/c1-4-9-30-20-16(23)10-14(12-19(20)29-5-2)11-17-22(26)31-21(24-17)15-7-6-8-18(13(15)3)25(27)28/h6-8,10-12H,4-5,9H2,1-3H3/b17-11-. The minimum absolute atomic E-state index is 0.0319. The first kappa shape index (κ1) is 22.5. The van der Waals surface area contributed by atoms with Crippen molar-refractivity contribution in [2.75, 3.05) is 13.2 Å². The quantitative estimate of drug-likeness (QED) is 0.219. The summed E-state index contributed by atoms with van der Waals surface area (Å²) in [7, 11) is 0. The van der Waals surface area contributed by atoms with Crippen molar-refractivity contribution in [3.05, 3.63) is 67.3 Å². The molecule has 0 radical (unpaired) electrons. The van der Waals surface area contributed by atoms with Crippen LogP contribution in [0, 0.1) is 17.0 Å². The van der Waals surface area contributed by atoms with Crippen molar-refractivity contribution < 1.29 is 23.9 Å². The van der Waals surface area contributed by atoms with Gasteiger partial charge in [-0.05, 0) is 66.0 Å². The summed E-state index contributed by atoms with van der Waals surface area (Å²) in [5.74, 6) is 0.532. The SMILES string of the molecule is CCCOc1c(Br)cc(/C=C2\N=C(c3cccc([N+](=O)[O-])c3C)OC2=O)cc1OCC. The molecule has 1 aliphatic rings. The molecule has 9 heteroatoms. The number of carbonyl (C=O) groups excluding carboxylic acids is 1. The van der Waals surface area contributed by atoms with Crippen molar-refractivity contribution in [2.24, 2.45) is 4.99 Å². The molecule has 0 N–H and O–H groups in total. The number of rotatable bonds is 8. The minimum Gasteiger partial charge on any atom is -0.490 e. The molecule has 0 fully saturated rings. The van der Waals surface area contributed by atoms with Crippen molar-refractivity contribution >= 4 is 39.6 Å². The number of carbonyl (C=O) groups is 1. The third-order valence-electron chi connectivity index (χ3n) is 4.44. The van der Waals surface area contributed by atoms with Gasteiger partial charge in [0.05, 0.1) is 22.6 Å². The molecule has 1 heterocycles. The van der Waals surface area contributed by atoms with Crippen LogP contribution in [0.15, 0.2) is 45.5 Å². The molecule has 162 valence electrons. The Labute approximate surface area is 187 Å². The summed E-state index contributed by atoms with van der Waals surface area (Å²) in [6.07, 6.45) is 2.42. The van der Waals surface area contributed by atoms with E-state index in [1.165, 1.54) is 12.1 Å². The smallest absolute Gasteiger partial charge is 0.363 e. The summed E-state index contributed by atoms with van der Waals surface area (Å²) in [5.41, 5.74) is 1.44. The Kier molecular flexibility index (Phi) is 7.06. The summed E-state index contributed by atoms with van der Waals surface area (Å²) in [4.78, 5) is 27.4. The molecule has 0 spiro atoms. The topological polar surface area (TPSA) is 100 Å². The van der Waals surface area contributed by atoms with E-state index in [1.54, 1.807) is 31.2 Å². The van der Waals surface area contributed by atoms with Gasteiger partial charge in [-0.3, -0.25) is 10.1 Å². The number of halogens is 1. The molecule has 0 saturated carbocycles. The van der Waals surface area contributed by atoms with Gasteiger partial charge in [-0.25, -0.2) is 9.79 Å². The van der Waals surface area contributed by atoms with E-state index in [9.17, 15) is 14.9 Å². The number of hydrogen-bond donors (Lipinski definition) is 0. The van der Waals surface area contributed by atoms with Gasteiger partial charge in [0.25, 0.3) is 5.69 Å². The lowest BCUT2D eigenvalue weighted by Crippen LogP contribution is -2.08. The Morgan fingerprint density at radius 2 is 2.03 bits per heavy atom. The molecule has 2 aromatic rings. The van der Waals surface area contributed by atoms with Crippen LogP contribution in [0.3, 0.4) is 0 Å². The third-order valence-corrected chi connectivity index (χ3v) is 5.03. The number of aliphatic imine (C=N–C) groups is 1. The van der Waals surface area contributed by atoms with E-state index in [0.29, 0.717) is 45.9 Å². The highest BCUT2D eigenvalue weighted by Crippen LogP contribution is 2.38. The summed E-state index contributed by atoms with van der Waals surface area (Å²) in [6, 6.07) is 8.09. The van der Waals surface area contributed by atoms with Crippen molar-refractivity contribution in [3.63, 3.8) is 0 Å². The first-order valence-electron chi connectivity index (χ1n) is 9.71. The van der Waals surface area contributed by atoms with Crippen molar-refractivity contribution in [2.45, 2.75) is 27.2 Å². The Morgan fingerprint density at radius 1 is 1.26 bits per heavy atom. The van der Waals surface area contributed by atoms with E-state index in [4.69, 9.17) is 14.2 Å². The predicted molar refractivity (Wildman–Crippen MR) is 120 cm³/mol. The normalized spacial score (nSPS) is 14.4. The van der Waals surface area contributed by atoms with Crippen LogP contribution in [0.2, 0.25) is 0 Å². The van der Waals surface area contributed by atoms with Crippen molar-refractivity contribution in [1.29, 1.82) is 0 Å². The maximum atomic E-state index is 12.4. The first-order valence-corrected chi connectivity index (χ1v) is 10.5. The third kappa shape index (κ3) is 4.93. The molecule has 8 nitrogen and oxygen atoms in total. The number of nitro groups is 1. The fourth-order valence-electron chi connectivity index (χ4n) is 3.01. The molecule has 1 aliphatic heterocycles. The van der Waals surface area contributed by atoms with Crippen LogP contribution in [-0.4, -0.2) is 30.0 Å². The molecule has 0 atom stereocenters. The average Bonchev–Trinajstić information content (AvgIpc) is 3.07. The second-order valence-electron chi connectivity index (χ2n) is 6.65. The lowest BCUT2D eigenvalue weighted by atomic mass is 10.1. The zero-order chi connectivity index (χ0) is 22.5. The molecule has 0 saturated heterocycles. The molecule has 31 heavy (non-hydrogen) atoms. The van der Waals surface area contributed by atoms with E-state index in [2.05, 4.69) is 20.9 Å². The highest BCUT2D eigenvalue weighted by atomic mass is 79.9. The highest BCUT2D eigenvalue weighted by Gasteiger charge is 2.27. The number of cyclic esters (lactones) is 1. The molecule has 0 amide bonds. The molecule has 0 bridgehead atoms. The first-order chi connectivity index (χ1) is 14.8. The van der Waals surface area contributed by atoms with Crippen LogP contribution in [0.1, 0.15) is 37.0 Å². The van der Waals surface area contributed by atoms with E-state index in [-0.39, 0.29) is 17.3 Å². The summed E-state index contributed by atoms with van der Waals surface area (Å²) >= 11 is 3.49. The molecule has 2 aromatic carbocycles. The summed E-state index contributed by atoms with van der Waals surface area (Å²) in [6.45, 7) is 6.46. The van der Waals surface area contributed by atoms with Crippen LogP contribution in [0.5, 0.6) is 11.5 Å². The molecule has 3 rings (SSSR count). The lowest BCUT2D eigenvalue weighted by molar-refractivity contribution is -0.385. The zero-order valence-electron chi connectivity index (χ0n) is 17.3. The summed E-state index contributed by atoms with van der Waals surface area (Å²) in [5, 5.41) is 11.2. The largest absolute Gasteiger partial charge is 0.490 e. The van der Waals surface area contributed by atoms with Gasteiger partial charge >= 0.3 is 5.97 Å². The Bertz CT molecular complexity index is 1090. The molecular weight excluding hydrogens is 468 g/mol. The Balaban J connectivity index is 1.99. The predicted octanol–water partition coefficient (Wildman–Crippen LogP) is 5.20. The molecular formula is C22H21BrN2O6. The maximum Gasteiger partial charge on any atom is 0.363 e. The van der Waals surface area contributed by atoms with Crippen LogP contribution >= 0.6 is 15.9 Å². The second-order valence-corrected chi connectivity index (χ2v) is 7.51. The van der Waals surface area contributed by atoms with Gasteiger partial charge in [0.2, 0.25) is 5.90 Å². The number of nitrogens with zero attached hydrogens (tertiary/aromatic N) is 2. The lowest BCUT2D eigenvalue weighted by Gasteiger charge is -2.14. The number of ether oxygens (including phenoxy) is 3. The van der Waals surface area contributed by atoms with Crippen LogP contribution in [0.25, 0.3) is 6.08 Å². The summed E-state index contributed by atoms with van der Waals surface area (Å²) < 4.78 is 17.4. The zero-order valence-corrected chi connectivity index (χ0v) is 18.9. The monoisotopic (exact) mass is 488 g/mol. The van der Waals surface area contributed by atoms with Gasteiger partial charge in [0.1, 0.15) is 0 Å². The van der Waals surface area contributed by atoms with Crippen LogP contribution in [-0.2, 0) is 9.53 Å². The van der Waals surface area contributed by atoms with E-state index in [0.717, 1.165) is 6.42 Å². The number of nitro benzene ring substituents is 1. The molecule has 0 aliphatic carbocycles. The van der Waals surface area contributed by atoms with Gasteiger partial charge in [-0.15, -0.1) is 0 Å². The fraction of sp³-hybridized carbons (Fsp3) is 0.273. The van der Waals surface area contributed by atoms with Crippen molar-refractivity contribution in [1.82, 2.24) is 0 Å². The van der Waals surface area contributed by atoms with E-state index in [1.807, 2.05) is 13.8 Å². The van der Waals surface area contributed by atoms with Gasteiger partial charge in [0.15, 0.2) is 17.2 Å².